The van der Waals surface area contributed by atoms with Crippen molar-refractivity contribution in [2.24, 2.45) is 23.7 Å². The van der Waals surface area contributed by atoms with E-state index in [1.807, 2.05) is 0 Å². The zero-order valence-electron chi connectivity index (χ0n) is 27.8. The lowest BCUT2D eigenvalue weighted by Gasteiger charge is -2.36. The van der Waals surface area contributed by atoms with Gasteiger partial charge in [-0.05, 0) is 19.9 Å². The molecule has 1 amide bonds. The van der Waals surface area contributed by atoms with Crippen LogP contribution in [0.4, 0.5) is 5.69 Å². The molecule has 0 saturated carbocycles. The van der Waals surface area contributed by atoms with Gasteiger partial charge in [0.1, 0.15) is 17.2 Å². The number of amides is 1. The molecule has 0 unspecified atom stereocenters. The fraction of sp³-hybridized carbons (Fsp3) is 0.486. The summed E-state index contributed by atoms with van der Waals surface area (Å²) in [6.45, 7) is 11.2. The van der Waals surface area contributed by atoms with Crippen LogP contribution >= 0.6 is 0 Å². The van der Waals surface area contributed by atoms with Crippen LogP contribution in [0, 0.1) is 30.6 Å². The number of carbonyl (C=O) groups is 2. The van der Waals surface area contributed by atoms with E-state index in [-0.39, 0.29) is 38.9 Å². The topological polar surface area (TPSA) is 195 Å². The predicted molar refractivity (Wildman–Crippen MR) is 174 cm³/mol. The Hall–Kier alpha value is -4.10. The van der Waals surface area contributed by atoms with Crippen molar-refractivity contribution in [2.45, 2.75) is 78.7 Å². The summed E-state index contributed by atoms with van der Waals surface area (Å²) in [5.74, 6) is -7.24. The van der Waals surface area contributed by atoms with Crippen molar-refractivity contribution in [2.75, 3.05) is 12.4 Å². The van der Waals surface area contributed by atoms with Gasteiger partial charge in [0.25, 0.3) is 11.7 Å². The minimum Gasteiger partial charge on any atom is -0.507 e. The molecule has 3 heterocycles. The highest BCUT2D eigenvalue weighted by atomic mass is 16.7. The molecule has 5 bridgehead atoms. The molecular weight excluding hydrogens is 610 g/mol. The number of aliphatic hydroxyl groups excluding tert-OH is 3. The minimum absolute atomic E-state index is 0.0566. The fourth-order valence-electron chi connectivity index (χ4n) is 6.26. The number of fused-ring (bicyclic) bond motifs is 14. The molecule has 2 aromatic carbocycles. The number of phenolic OH excluding ortho intramolecular Hbond substituents is 3. The number of benzene rings is 2. The van der Waals surface area contributed by atoms with E-state index in [0.29, 0.717) is 0 Å². The second kappa shape index (κ2) is 13.6. The highest BCUT2D eigenvalue weighted by molar-refractivity contribution is 6.21. The third-order valence-electron chi connectivity index (χ3n) is 9.58. The van der Waals surface area contributed by atoms with Crippen LogP contribution in [-0.2, 0) is 14.3 Å². The number of ether oxygens (including phenoxy) is 3. The third kappa shape index (κ3) is 6.42. The molecule has 2 aromatic rings. The number of aliphatic hydroxyl groups is 3. The number of aromatic hydroxyl groups is 3. The molecule has 0 spiro atoms. The molecule has 256 valence electrons. The number of methoxy groups -OCH3 is 1. The number of anilines is 1. The quantitative estimate of drug-likeness (QED) is 0.172. The summed E-state index contributed by atoms with van der Waals surface area (Å²) in [5, 5.41) is 68.8. The van der Waals surface area contributed by atoms with Gasteiger partial charge in [-0.15, -0.1) is 0 Å². The number of allylic oxidation sites excluding steroid dienone is 2. The van der Waals surface area contributed by atoms with E-state index in [2.05, 4.69) is 5.32 Å². The van der Waals surface area contributed by atoms with Gasteiger partial charge in [-0.3, -0.25) is 9.59 Å². The van der Waals surface area contributed by atoms with Gasteiger partial charge in [0, 0.05) is 60.3 Å². The van der Waals surface area contributed by atoms with Crippen LogP contribution in [0.3, 0.4) is 0 Å². The van der Waals surface area contributed by atoms with Crippen molar-refractivity contribution >= 4 is 28.2 Å². The molecule has 3 aliphatic heterocycles. The van der Waals surface area contributed by atoms with E-state index in [4.69, 9.17) is 14.2 Å². The zero-order chi connectivity index (χ0) is 35.1. The van der Waals surface area contributed by atoms with Crippen LogP contribution in [0.2, 0.25) is 0 Å². The molecule has 9 atom stereocenters. The highest BCUT2D eigenvalue weighted by Gasteiger charge is 2.49. The Morgan fingerprint density at radius 1 is 0.872 bits per heavy atom. The monoisotopic (exact) mass is 655 g/mol. The molecule has 0 fully saturated rings. The van der Waals surface area contributed by atoms with E-state index in [0.717, 1.165) is 6.07 Å². The first-order valence-corrected chi connectivity index (χ1v) is 15.5. The van der Waals surface area contributed by atoms with E-state index in [1.165, 1.54) is 46.3 Å². The fourth-order valence-corrected chi connectivity index (χ4v) is 6.26. The van der Waals surface area contributed by atoms with Gasteiger partial charge in [0.15, 0.2) is 5.75 Å². The smallest absolute Gasteiger partial charge is 0.312 e. The van der Waals surface area contributed by atoms with Crippen molar-refractivity contribution in [1.29, 1.82) is 0 Å². The molecule has 7 N–H and O–H groups in total. The summed E-state index contributed by atoms with van der Waals surface area (Å²) in [6.07, 6.45) is 3.55. The molecular formula is C35H45NO11. The Kier molecular flexibility index (Phi) is 10.3. The molecule has 0 aliphatic carbocycles. The second-order valence-electron chi connectivity index (χ2n) is 12.8. The lowest BCUT2D eigenvalue weighted by atomic mass is 9.78. The SMILES string of the molecule is CO[C@H]1/C=C/O[C@@]2(C)Oc3c(C)c(O)c4c(O)c(cc(O)c4c3C2=O)NC(=O)/C(C)=C/C=C/[C@H](C)[C@H](O)[C@@H](C)[C@@H](O)[C@@H](C)[C@H](O)[C@@H]1C. The number of phenols is 3. The van der Waals surface area contributed by atoms with Crippen LogP contribution in [0.25, 0.3) is 10.8 Å². The normalized spacial score (nSPS) is 34.7. The molecule has 3 aliphatic rings. The van der Waals surface area contributed by atoms with Crippen LogP contribution in [-0.4, -0.2) is 79.6 Å². The van der Waals surface area contributed by atoms with E-state index < -0.39 is 82.8 Å². The number of nitrogens with one attached hydrogen (secondary N) is 1. The number of hydrogen-bond donors (Lipinski definition) is 7. The summed E-state index contributed by atoms with van der Waals surface area (Å²) in [6, 6.07) is 1.07. The summed E-state index contributed by atoms with van der Waals surface area (Å²) < 4.78 is 17.3. The van der Waals surface area contributed by atoms with Crippen LogP contribution in [0.5, 0.6) is 23.0 Å². The Morgan fingerprint density at radius 3 is 2.13 bits per heavy atom. The van der Waals surface area contributed by atoms with Crippen molar-refractivity contribution < 1.29 is 54.4 Å². The van der Waals surface area contributed by atoms with Crippen LogP contribution in [0.15, 0.2) is 42.2 Å². The Labute approximate surface area is 273 Å². The average Bonchev–Trinajstić information content (AvgIpc) is 3.30. The Balaban J connectivity index is 1.85. The van der Waals surface area contributed by atoms with Crippen molar-refractivity contribution in [3.8, 4) is 23.0 Å². The van der Waals surface area contributed by atoms with Gasteiger partial charge < -0.3 is 50.2 Å². The molecule has 0 radical (unpaired) electrons. The number of Topliss-reactive ketones (excluding diaryl/α,β-unsaturated/α-hetero) is 1. The van der Waals surface area contributed by atoms with Crippen molar-refractivity contribution in [3.05, 3.63) is 53.3 Å². The summed E-state index contributed by atoms with van der Waals surface area (Å²) in [5.41, 5.74) is -0.0434. The predicted octanol–water partition coefficient (Wildman–Crippen LogP) is 4.18. The number of carbonyl (C=O) groups excluding carboxylic acids is 2. The van der Waals surface area contributed by atoms with Crippen molar-refractivity contribution in [1.82, 2.24) is 0 Å². The molecule has 0 saturated heterocycles. The maximum absolute atomic E-state index is 13.8. The van der Waals surface area contributed by atoms with Gasteiger partial charge in [-0.25, -0.2) is 0 Å². The van der Waals surface area contributed by atoms with E-state index >= 15 is 0 Å². The first-order valence-electron chi connectivity index (χ1n) is 15.5. The molecule has 12 heteroatoms. The van der Waals surface area contributed by atoms with Gasteiger partial charge >= 0.3 is 5.79 Å². The largest absolute Gasteiger partial charge is 0.507 e. The third-order valence-corrected chi connectivity index (χ3v) is 9.58. The maximum atomic E-state index is 13.8. The average molecular weight is 656 g/mol. The number of rotatable bonds is 1. The Bertz CT molecular complexity index is 1650. The van der Waals surface area contributed by atoms with Gasteiger partial charge in [0.2, 0.25) is 0 Å². The lowest BCUT2D eigenvalue weighted by Crippen LogP contribution is -2.44. The van der Waals surface area contributed by atoms with Crippen LogP contribution < -0.4 is 10.1 Å². The summed E-state index contributed by atoms with van der Waals surface area (Å²) in [7, 11) is 1.43. The van der Waals surface area contributed by atoms with Gasteiger partial charge in [-0.2, -0.15) is 0 Å². The minimum atomic E-state index is -1.95. The first kappa shape index (κ1) is 35.7. The maximum Gasteiger partial charge on any atom is 0.312 e. The Morgan fingerprint density at radius 2 is 1.49 bits per heavy atom. The van der Waals surface area contributed by atoms with Gasteiger partial charge in [-0.1, -0.05) is 45.9 Å². The second-order valence-corrected chi connectivity index (χ2v) is 12.8. The van der Waals surface area contributed by atoms with Crippen molar-refractivity contribution in [3.63, 3.8) is 0 Å². The lowest BCUT2D eigenvalue weighted by molar-refractivity contribution is -0.112. The zero-order valence-corrected chi connectivity index (χ0v) is 27.8. The molecule has 0 aromatic heterocycles. The number of ketones is 1. The molecule has 12 nitrogen and oxygen atoms in total. The molecule has 47 heavy (non-hydrogen) atoms. The van der Waals surface area contributed by atoms with E-state index in [9.17, 15) is 40.2 Å². The van der Waals surface area contributed by atoms with E-state index in [1.54, 1.807) is 39.8 Å². The first-order chi connectivity index (χ1) is 22.0. The summed E-state index contributed by atoms with van der Waals surface area (Å²) in [4.78, 5) is 26.9. The van der Waals surface area contributed by atoms with Gasteiger partial charge in [0.05, 0.1) is 47.3 Å². The molecule has 5 rings (SSSR count). The number of hydrogen-bond acceptors (Lipinski definition) is 11. The summed E-state index contributed by atoms with van der Waals surface area (Å²) >= 11 is 0. The highest BCUT2D eigenvalue weighted by Crippen LogP contribution is 2.53. The standard InChI is InChI=1S/C35H45NO11/c1-15-10-9-11-16(2)34(44)36-21-14-22(37)24-25(31(21)42)30(41)20(6)32-26(24)33(43)35(7,47-32)46-13-12-23(45-8)17(3)28(39)19(5)29(40)18(4)27(15)38/h9-15,17-19,23,27-29,37-42H,1-8H3,(H,36,44)/b10-9+,13-12+,16-11+/t15-,17+,18+,19-,23-,27-,28+,29+,35-/m0/s1. The van der Waals surface area contributed by atoms with Crippen LogP contribution in [0.1, 0.15) is 57.5 Å².